The molecule has 0 spiro atoms. The van der Waals surface area contributed by atoms with Gasteiger partial charge in [-0.2, -0.15) is 11.8 Å². The van der Waals surface area contributed by atoms with E-state index in [0.717, 1.165) is 23.8 Å². The van der Waals surface area contributed by atoms with Crippen LogP contribution in [0.1, 0.15) is 46.0 Å². The van der Waals surface area contributed by atoms with Crippen molar-refractivity contribution in [1.82, 2.24) is 0 Å². The van der Waals surface area contributed by atoms with Crippen molar-refractivity contribution in [3.05, 3.63) is 0 Å². The minimum Gasteiger partial charge on any atom is -0.299 e. The quantitative estimate of drug-likeness (QED) is 0.673. The maximum atomic E-state index is 11.6. The van der Waals surface area contributed by atoms with Crippen LogP contribution in [0.25, 0.3) is 0 Å². The molecule has 2 heteroatoms. The van der Waals surface area contributed by atoms with Crippen LogP contribution in [0.3, 0.4) is 0 Å². The molecule has 0 saturated heterocycles. The van der Waals surface area contributed by atoms with Crippen molar-refractivity contribution in [1.29, 1.82) is 0 Å². The van der Waals surface area contributed by atoms with E-state index in [1.54, 1.807) is 11.8 Å². The summed E-state index contributed by atoms with van der Waals surface area (Å²) in [6.45, 7) is 4.41. The Labute approximate surface area is 92.0 Å². The topological polar surface area (TPSA) is 17.1 Å². The van der Waals surface area contributed by atoms with E-state index in [1.807, 2.05) is 0 Å². The Morgan fingerprint density at radius 2 is 2.00 bits per heavy atom. The van der Waals surface area contributed by atoms with Crippen LogP contribution < -0.4 is 0 Å². The van der Waals surface area contributed by atoms with E-state index in [4.69, 9.17) is 0 Å². The largest absolute Gasteiger partial charge is 0.299 e. The van der Waals surface area contributed by atoms with Gasteiger partial charge >= 0.3 is 0 Å². The molecular formula is C12H22OS. The van der Waals surface area contributed by atoms with E-state index in [2.05, 4.69) is 13.8 Å². The van der Waals surface area contributed by atoms with Crippen molar-refractivity contribution in [2.24, 2.45) is 11.8 Å². The Morgan fingerprint density at radius 1 is 1.36 bits per heavy atom. The fourth-order valence-corrected chi connectivity index (χ4v) is 2.94. The van der Waals surface area contributed by atoms with Crippen LogP contribution in [0.2, 0.25) is 0 Å². The Balaban J connectivity index is 2.03. The Morgan fingerprint density at radius 3 is 2.57 bits per heavy atom. The summed E-state index contributed by atoms with van der Waals surface area (Å²) >= 11 is 1.80. The third-order valence-electron chi connectivity index (χ3n) is 2.71. The van der Waals surface area contributed by atoms with E-state index in [1.165, 1.54) is 25.7 Å². The molecule has 0 heterocycles. The lowest BCUT2D eigenvalue weighted by Crippen LogP contribution is -2.08. The molecule has 1 saturated carbocycles. The molecule has 0 N–H and O–H groups in total. The molecule has 0 aromatic rings. The average Bonchev–Trinajstić information content (AvgIpc) is 2.56. The molecule has 1 aliphatic rings. The number of carbonyl (C=O) groups is 1. The summed E-state index contributed by atoms with van der Waals surface area (Å²) < 4.78 is 0. The van der Waals surface area contributed by atoms with Crippen LogP contribution in [0.15, 0.2) is 0 Å². The van der Waals surface area contributed by atoms with Gasteiger partial charge in [0.25, 0.3) is 0 Å². The highest BCUT2D eigenvalue weighted by Gasteiger charge is 2.18. The fourth-order valence-electron chi connectivity index (χ4n) is 2.00. The molecule has 1 fully saturated rings. The van der Waals surface area contributed by atoms with Gasteiger partial charge in [0.1, 0.15) is 5.78 Å². The fraction of sp³-hybridized carbons (Fsp3) is 0.917. The molecule has 82 valence electrons. The smallest absolute Gasteiger partial charge is 0.143 e. The zero-order chi connectivity index (χ0) is 10.4. The number of carbonyl (C=O) groups excluding carboxylic acids is 1. The number of thioether (sulfide) groups is 1. The molecule has 1 aliphatic carbocycles. The van der Waals surface area contributed by atoms with Crippen molar-refractivity contribution >= 4 is 17.5 Å². The lowest BCUT2D eigenvalue weighted by molar-refractivity contribution is -0.117. The molecule has 0 atom stereocenters. The summed E-state index contributed by atoms with van der Waals surface area (Å²) in [5.74, 6) is 3.77. The monoisotopic (exact) mass is 214 g/mol. The highest BCUT2D eigenvalue weighted by atomic mass is 32.2. The number of hydrogen-bond acceptors (Lipinski definition) is 2. The SMILES string of the molecule is CC(C)CSCC(=O)CC1CCCC1. The lowest BCUT2D eigenvalue weighted by Gasteiger charge is -2.08. The van der Waals surface area contributed by atoms with Gasteiger partial charge in [-0.05, 0) is 17.6 Å². The first-order valence-corrected chi connectivity index (χ1v) is 6.93. The second-order valence-corrected chi connectivity index (χ2v) is 5.83. The van der Waals surface area contributed by atoms with E-state index in [-0.39, 0.29) is 0 Å². The van der Waals surface area contributed by atoms with Gasteiger partial charge in [-0.1, -0.05) is 39.5 Å². The molecule has 0 bridgehead atoms. The van der Waals surface area contributed by atoms with Crippen LogP contribution in [-0.4, -0.2) is 17.3 Å². The highest BCUT2D eigenvalue weighted by molar-refractivity contribution is 7.99. The molecular weight excluding hydrogens is 192 g/mol. The predicted molar refractivity (Wildman–Crippen MR) is 63.7 cm³/mol. The number of Topliss-reactive ketones (excluding diaryl/α,β-unsaturated/α-hetero) is 1. The number of hydrogen-bond donors (Lipinski definition) is 0. The van der Waals surface area contributed by atoms with Crippen molar-refractivity contribution < 1.29 is 4.79 Å². The van der Waals surface area contributed by atoms with Gasteiger partial charge in [0.2, 0.25) is 0 Å². The van der Waals surface area contributed by atoms with Gasteiger partial charge < -0.3 is 0 Å². The third kappa shape index (κ3) is 5.04. The van der Waals surface area contributed by atoms with Crippen LogP contribution in [-0.2, 0) is 4.79 Å². The van der Waals surface area contributed by atoms with Crippen LogP contribution in [0, 0.1) is 11.8 Å². The van der Waals surface area contributed by atoms with Crippen molar-refractivity contribution in [2.75, 3.05) is 11.5 Å². The van der Waals surface area contributed by atoms with Crippen molar-refractivity contribution in [3.63, 3.8) is 0 Å². The van der Waals surface area contributed by atoms with Gasteiger partial charge in [0, 0.05) is 6.42 Å². The predicted octanol–water partition coefficient (Wildman–Crippen LogP) is 3.53. The van der Waals surface area contributed by atoms with E-state index in [9.17, 15) is 4.79 Å². The van der Waals surface area contributed by atoms with Crippen LogP contribution >= 0.6 is 11.8 Å². The summed E-state index contributed by atoms with van der Waals surface area (Å²) in [6.07, 6.45) is 6.13. The first kappa shape index (κ1) is 12.1. The first-order chi connectivity index (χ1) is 6.68. The molecule has 0 amide bonds. The standard InChI is InChI=1S/C12H22OS/c1-10(2)8-14-9-12(13)7-11-5-3-4-6-11/h10-11H,3-9H2,1-2H3. The molecule has 0 aromatic carbocycles. The Kier molecular flexibility index (Phi) is 5.61. The molecule has 0 unspecified atom stereocenters. The summed E-state index contributed by atoms with van der Waals surface area (Å²) in [4.78, 5) is 11.6. The van der Waals surface area contributed by atoms with Gasteiger partial charge in [-0.3, -0.25) is 4.79 Å². The third-order valence-corrected chi connectivity index (χ3v) is 4.13. The van der Waals surface area contributed by atoms with Gasteiger partial charge in [-0.25, -0.2) is 0 Å². The zero-order valence-electron chi connectivity index (χ0n) is 9.42. The minimum atomic E-state index is 0.475. The van der Waals surface area contributed by atoms with E-state index in [0.29, 0.717) is 11.7 Å². The average molecular weight is 214 g/mol. The van der Waals surface area contributed by atoms with E-state index >= 15 is 0 Å². The molecule has 14 heavy (non-hydrogen) atoms. The molecule has 0 aliphatic heterocycles. The maximum Gasteiger partial charge on any atom is 0.143 e. The van der Waals surface area contributed by atoms with E-state index < -0.39 is 0 Å². The molecule has 0 aromatic heterocycles. The first-order valence-electron chi connectivity index (χ1n) is 5.78. The minimum absolute atomic E-state index is 0.475. The Bertz CT molecular complexity index is 171. The second-order valence-electron chi connectivity index (χ2n) is 4.80. The summed E-state index contributed by atoms with van der Waals surface area (Å²) in [6, 6.07) is 0. The lowest BCUT2D eigenvalue weighted by atomic mass is 10.0. The summed E-state index contributed by atoms with van der Waals surface area (Å²) in [5, 5.41) is 0. The van der Waals surface area contributed by atoms with Crippen molar-refractivity contribution in [3.8, 4) is 0 Å². The van der Waals surface area contributed by atoms with Crippen LogP contribution in [0.5, 0.6) is 0 Å². The van der Waals surface area contributed by atoms with Gasteiger partial charge in [-0.15, -0.1) is 0 Å². The van der Waals surface area contributed by atoms with Crippen molar-refractivity contribution in [2.45, 2.75) is 46.0 Å². The molecule has 1 rings (SSSR count). The summed E-state index contributed by atoms with van der Waals surface area (Å²) in [7, 11) is 0. The van der Waals surface area contributed by atoms with Crippen LogP contribution in [0.4, 0.5) is 0 Å². The maximum absolute atomic E-state index is 11.6. The zero-order valence-corrected chi connectivity index (χ0v) is 10.2. The normalized spacial score (nSPS) is 17.9. The van der Waals surface area contributed by atoms with Gasteiger partial charge in [0.15, 0.2) is 0 Å². The molecule has 1 nitrogen and oxygen atoms in total. The summed E-state index contributed by atoms with van der Waals surface area (Å²) in [5.41, 5.74) is 0. The number of rotatable bonds is 6. The van der Waals surface area contributed by atoms with Gasteiger partial charge in [0.05, 0.1) is 5.75 Å². The Hall–Kier alpha value is 0.0200. The highest BCUT2D eigenvalue weighted by Crippen LogP contribution is 2.28. The molecule has 0 radical (unpaired) electrons. The number of ketones is 1. The second kappa shape index (κ2) is 6.49.